The van der Waals surface area contributed by atoms with E-state index >= 15 is 0 Å². The number of amides is 1. The summed E-state index contributed by atoms with van der Waals surface area (Å²) in [6.07, 6.45) is 2.42. The molecule has 0 spiro atoms. The average molecular weight is 383 g/mol. The molecule has 3 N–H and O–H groups in total. The smallest absolute Gasteiger partial charge is 0.337 e. The number of hydrogen-bond donors (Lipinski definition) is 2. The van der Waals surface area contributed by atoms with Crippen LogP contribution in [0.1, 0.15) is 20.7 Å². The minimum absolute atomic E-state index is 0.0272. The second-order valence-corrected chi connectivity index (χ2v) is 5.19. The Bertz CT molecular complexity index is 663. The van der Waals surface area contributed by atoms with E-state index in [1.807, 2.05) is 0 Å². The molecular weight excluding hydrogens is 376 g/mol. The third-order valence-corrected chi connectivity index (χ3v) is 3.50. The van der Waals surface area contributed by atoms with Crippen LogP contribution in [0.3, 0.4) is 0 Å². The average Bonchev–Trinajstić information content (AvgIpc) is 2.45. The highest BCUT2D eigenvalue weighted by molar-refractivity contribution is 6.41. The molecule has 0 bridgehead atoms. The number of nitrogens with two attached hydrogens (primary N) is 1. The molecule has 2 aromatic rings. The van der Waals surface area contributed by atoms with Crippen LogP contribution in [0, 0.1) is 0 Å². The van der Waals surface area contributed by atoms with E-state index in [1.54, 1.807) is 0 Å². The topological polar surface area (TPSA) is 106 Å². The number of nitrogens with zero attached hydrogens (tertiary/aromatic N) is 2. The van der Waals surface area contributed by atoms with E-state index in [0.29, 0.717) is 0 Å². The van der Waals surface area contributed by atoms with Crippen molar-refractivity contribution in [3.05, 3.63) is 56.0 Å². The SMILES string of the molecule is NC(=O)c1cnc(Cl)c(Cl)c1.O=C(O)c1cnc(Cl)c(Cl)c1. The van der Waals surface area contributed by atoms with Gasteiger partial charge in [0.2, 0.25) is 5.91 Å². The summed E-state index contributed by atoms with van der Waals surface area (Å²) < 4.78 is 0. The summed E-state index contributed by atoms with van der Waals surface area (Å²) in [6.45, 7) is 0. The van der Waals surface area contributed by atoms with Gasteiger partial charge in [-0.15, -0.1) is 0 Å². The summed E-state index contributed by atoms with van der Waals surface area (Å²) in [5, 5.41) is 9.10. The number of primary amides is 1. The molecule has 0 fully saturated rings. The molecule has 2 rings (SSSR count). The summed E-state index contributed by atoms with van der Waals surface area (Å²) in [6, 6.07) is 2.62. The molecule has 10 heteroatoms. The number of hydrogen-bond acceptors (Lipinski definition) is 4. The number of aromatic nitrogens is 2. The highest BCUT2D eigenvalue weighted by Crippen LogP contribution is 2.20. The fourth-order valence-corrected chi connectivity index (χ4v) is 1.63. The van der Waals surface area contributed by atoms with E-state index in [0.717, 1.165) is 6.20 Å². The Hall–Kier alpha value is -1.60. The first-order chi connectivity index (χ1) is 10.2. The third-order valence-electron chi connectivity index (χ3n) is 2.12. The molecule has 0 unspecified atom stereocenters. The Morgan fingerprint density at radius 2 is 1.32 bits per heavy atom. The van der Waals surface area contributed by atoms with E-state index in [9.17, 15) is 9.59 Å². The van der Waals surface area contributed by atoms with Crippen LogP contribution in [0.2, 0.25) is 20.4 Å². The zero-order valence-corrected chi connectivity index (χ0v) is 13.6. The van der Waals surface area contributed by atoms with Crippen molar-refractivity contribution in [1.29, 1.82) is 0 Å². The van der Waals surface area contributed by atoms with Crippen molar-refractivity contribution in [3.63, 3.8) is 0 Å². The molecule has 0 aliphatic carbocycles. The van der Waals surface area contributed by atoms with Crippen molar-refractivity contribution in [2.45, 2.75) is 0 Å². The lowest BCUT2D eigenvalue weighted by atomic mass is 10.3. The summed E-state index contributed by atoms with van der Waals surface area (Å²) in [5.41, 5.74) is 5.23. The maximum atomic E-state index is 10.5. The lowest BCUT2D eigenvalue weighted by Crippen LogP contribution is -2.11. The molecular formula is C12H7Cl4N3O3. The fourth-order valence-electron chi connectivity index (χ4n) is 1.09. The van der Waals surface area contributed by atoms with Gasteiger partial charge in [0.15, 0.2) is 0 Å². The van der Waals surface area contributed by atoms with Crippen LogP contribution in [0.4, 0.5) is 0 Å². The molecule has 0 saturated heterocycles. The van der Waals surface area contributed by atoms with Crippen molar-refractivity contribution in [3.8, 4) is 0 Å². The van der Waals surface area contributed by atoms with Gasteiger partial charge in [0, 0.05) is 12.4 Å². The van der Waals surface area contributed by atoms with Crippen LogP contribution in [0.5, 0.6) is 0 Å². The van der Waals surface area contributed by atoms with Crippen LogP contribution < -0.4 is 5.73 Å². The number of carboxylic acid groups (broad SMARTS) is 1. The normalized spacial score (nSPS) is 9.64. The zero-order chi connectivity index (χ0) is 16.9. The van der Waals surface area contributed by atoms with Gasteiger partial charge in [-0.2, -0.15) is 0 Å². The Balaban J connectivity index is 0.000000220. The number of halogens is 4. The van der Waals surface area contributed by atoms with Crippen molar-refractivity contribution in [2.75, 3.05) is 0 Å². The maximum absolute atomic E-state index is 10.5. The van der Waals surface area contributed by atoms with Crippen LogP contribution in [0.25, 0.3) is 0 Å². The number of rotatable bonds is 2. The van der Waals surface area contributed by atoms with Gasteiger partial charge in [-0.25, -0.2) is 14.8 Å². The predicted molar refractivity (Wildman–Crippen MR) is 84.0 cm³/mol. The molecule has 0 aromatic carbocycles. The molecule has 2 aromatic heterocycles. The van der Waals surface area contributed by atoms with Crippen LogP contribution in [-0.4, -0.2) is 27.0 Å². The molecule has 0 radical (unpaired) electrons. The summed E-state index contributed by atoms with van der Waals surface area (Å²) in [4.78, 5) is 28.1. The van der Waals surface area contributed by atoms with Gasteiger partial charge >= 0.3 is 5.97 Å². The van der Waals surface area contributed by atoms with Gasteiger partial charge in [-0.1, -0.05) is 46.4 Å². The van der Waals surface area contributed by atoms with E-state index in [1.165, 1.54) is 18.3 Å². The third kappa shape index (κ3) is 5.31. The first kappa shape index (κ1) is 18.4. The summed E-state index contributed by atoms with van der Waals surface area (Å²) in [7, 11) is 0. The largest absolute Gasteiger partial charge is 0.478 e. The van der Waals surface area contributed by atoms with Crippen molar-refractivity contribution in [2.24, 2.45) is 5.73 Å². The summed E-state index contributed by atoms with van der Waals surface area (Å²) in [5.74, 6) is -1.65. The van der Waals surface area contributed by atoms with Gasteiger partial charge in [0.1, 0.15) is 10.3 Å². The van der Waals surface area contributed by atoms with Gasteiger partial charge < -0.3 is 10.8 Å². The number of aromatic carboxylic acids is 1. The fraction of sp³-hybridized carbons (Fsp3) is 0. The van der Waals surface area contributed by atoms with Gasteiger partial charge in [0.05, 0.1) is 21.2 Å². The van der Waals surface area contributed by atoms with E-state index < -0.39 is 11.9 Å². The first-order valence-corrected chi connectivity index (χ1v) is 6.88. The van der Waals surface area contributed by atoms with Crippen LogP contribution in [0.15, 0.2) is 24.5 Å². The zero-order valence-electron chi connectivity index (χ0n) is 10.6. The quantitative estimate of drug-likeness (QED) is 0.772. The number of carboxylic acids is 1. The number of carbonyl (C=O) groups is 2. The van der Waals surface area contributed by atoms with Crippen molar-refractivity contribution in [1.82, 2.24) is 9.97 Å². The number of pyridine rings is 2. The van der Waals surface area contributed by atoms with E-state index in [-0.39, 0.29) is 31.5 Å². The molecule has 2 heterocycles. The Kier molecular flexibility index (Phi) is 6.83. The Morgan fingerprint density at radius 3 is 1.68 bits per heavy atom. The molecule has 0 aliphatic rings. The Morgan fingerprint density at radius 1 is 0.909 bits per heavy atom. The van der Waals surface area contributed by atoms with Crippen molar-refractivity contribution < 1.29 is 14.7 Å². The minimum Gasteiger partial charge on any atom is -0.478 e. The van der Waals surface area contributed by atoms with Gasteiger partial charge in [-0.3, -0.25) is 4.79 Å². The molecule has 22 heavy (non-hydrogen) atoms. The summed E-state index contributed by atoms with van der Waals surface area (Å²) >= 11 is 22.0. The van der Waals surface area contributed by atoms with Gasteiger partial charge in [0.25, 0.3) is 0 Å². The van der Waals surface area contributed by atoms with Crippen LogP contribution in [-0.2, 0) is 0 Å². The first-order valence-electron chi connectivity index (χ1n) is 5.37. The molecule has 1 amide bonds. The second-order valence-electron chi connectivity index (χ2n) is 3.66. The van der Waals surface area contributed by atoms with E-state index in [4.69, 9.17) is 57.2 Å². The molecule has 0 atom stereocenters. The predicted octanol–water partition coefficient (Wildman–Crippen LogP) is 3.57. The lowest BCUT2D eigenvalue weighted by Gasteiger charge is -1.96. The molecule has 0 saturated carbocycles. The molecule has 116 valence electrons. The number of carbonyl (C=O) groups excluding carboxylic acids is 1. The highest BCUT2D eigenvalue weighted by Gasteiger charge is 2.06. The molecule has 0 aliphatic heterocycles. The Labute approximate surface area is 144 Å². The highest BCUT2D eigenvalue weighted by atomic mass is 35.5. The monoisotopic (exact) mass is 381 g/mol. The van der Waals surface area contributed by atoms with Crippen LogP contribution >= 0.6 is 46.4 Å². The van der Waals surface area contributed by atoms with E-state index in [2.05, 4.69) is 9.97 Å². The second kappa shape index (κ2) is 8.14. The minimum atomic E-state index is -1.07. The van der Waals surface area contributed by atoms with Gasteiger partial charge in [-0.05, 0) is 12.1 Å². The molecule has 6 nitrogen and oxygen atoms in total. The standard InChI is InChI=1S/C6H4Cl2N2O.C6H3Cl2NO2/c7-4-1-3(6(9)11)2-10-5(4)8;7-4-1-3(6(10)11)2-9-5(4)8/h1-2H,(H2,9,11);1-2H,(H,10,11). The van der Waals surface area contributed by atoms with Crippen molar-refractivity contribution >= 4 is 58.3 Å². The lowest BCUT2D eigenvalue weighted by molar-refractivity contribution is 0.0696. The maximum Gasteiger partial charge on any atom is 0.337 e.